The molecule has 1 aliphatic rings. The standard InChI is InChI=1S/C22H23N3O5S2/c23-13-18-17-9-5-2-6-10-19(17)31-22(18)25-20(26)15-30-21(27)14-24-32(28,29)12-11-16-7-3-1-4-8-16/h1,3-4,7-8,11-12,24H,2,5-6,9-10,14-15H2,(H,25,26)/b12-11+. The Morgan fingerprint density at radius 2 is 1.91 bits per heavy atom. The van der Waals surface area contributed by atoms with Gasteiger partial charge in [0.2, 0.25) is 10.0 Å². The van der Waals surface area contributed by atoms with E-state index in [1.165, 1.54) is 17.4 Å². The predicted octanol–water partition coefficient (Wildman–Crippen LogP) is 2.96. The summed E-state index contributed by atoms with van der Waals surface area (Å²) in [5.74, 6) is -1.47. The number of nitrogens with one attached hydrogen (secondary N) is 2. The molecular formula is C22H23N3O5S2. The first-order valence-corrected chi connectivity index (χ1v) is 12.5. The molecule has 1 aliphatic carbocycles. The molecule has 0 saturated carbocycles. The van der Waals surface area contributed by atoms with E-state index in [4.69, 9.17) is 4.74 Å². The van der Waals surface area contributed by atoms with Crippen LogP contribution in [0, 0.1) is 11.3 Å². The fourth-order valence-corrected chi connectivity index (χ4v) is 5.26. The Labute approximate surface area is 191 Å². The summed E-state index contributed by atoms with van der Waals surface area (Å²) in [5.41, 5.74) is 2.17. The molecule has 3 rings (SSSR count). The average molecular weight is 474 g/mol. The quantitative estimate of drug-likeness (QED) is 0.448. The van der Waals surface area contributed by atoms with Crippen molar-refractivity contribution in [3.05, 3.63) is 57.3 Å². The number of ether oxygens (including phenoxy) is 1. The molecule has 168 valence electrons. The SMILES string of the molecule is N#Cc1c(NC(=O)COC(=O)CNS(=O)(=O)/C=C/c2ccccc2)sc2c1CCCCC2. The second-order valence-electron chi connectivity index (χ2n) is 7.17. The third kappa shape index (κ3) is 6.75. The lowest BCUT2D eigenvalue weighted by Gasteiger charge is -2.06. The molecule has 1 aromatic heterocycles. The number of nitriles is 1. The van der Waals surface area contributed by atoms with E-state index in [9.17, 15) is 23.3 Å². The van der Waals surface area contributed by atoms with Gasteiger partial charge in [-0.05, 0) is 42.9 Å². The molecule has 2 N–H and O–H groups in total. The van der Waals surface area contributed by atoms with Crippen LogP contribution in [0.2, 0.25) is 0 Å². The number of esters is 1. The van der Waals surface area contributed by atoms with Crippen LogP contribution in [0.3, 0.4) is 0 Å². The van der Waals surface area contributed by atoms with Gasteiger partial charge in [0.15, 0.2) is 6.61 Å². The Bertz CT molecular complexity index is 1150. The minimum atomic E-state index is -3.84. The molecular weight excluding hydrogens is 450 g/mol. The van der Waals surface area contributed by atoms with Crippen LogP contribution in [0.25, 0.3) is 6.08 Å². The molecule has 8 nitrogen and oxygen atoms in total. The summed E-state index contributed by atoms with van der Waals surface area (Å²) in [4.78, 5) is 25.1. The largest absolute Gasteiger partial charge is 0.455 e. The van der Waals surface area contributed by atoms with E-state index in [0.717, 1.165) is 48.0 Å². The van der Waals surface area contributed by atoms with Crippen molar-refractivity contribution in [2.24, 2.45) is 0 Å². The highest BCUT2D eigenvalue weighted by molar-refractivity contribution is 7.92. The zero-order valence-electron chi connectivity index (χ0n) is 17.3. The maximum Gasteiger partial charge on any atom is 0.321 e. The normalized spacial score (nSPS) is 13.7. The Balaban J connectivity index is 1.47. The summed E-state index contributed by atoms with van der Waals surface area (Å²) < 4.78 is 30.9. The Morgan fingerprint density at radius 1 is 1.16 bits per heavy atom. The second kappa shape index (κ2) is 11.0. The van der Waals surface area contributed by atoms with Gasteiger partial charge in [0, 0.05) is 10.3 Å². The van der Waals surface area contributed by atoms with Gasteiger partial charge in [0.05, 0.1) is 5.56 Å². The maximum absolute atomic E-state index is 12.2. The Kier molecular flexibility index (Phi) is 8.16. The fraction of sp³-hybridized carbons (Fsp3) is 0.318. The monoisotopic (exact) mass is 473 g/mol. The zero-order chi connectivity index (χ0) is 23.0. The molecule has 0 unspecified atom stereocenters. The lowest BCUT2D eigenvalue weighted by Crippen LogP contribution is -2.31. The first-order chi connectivity index (χ1) is 15.4. The number of benzene rings is 1. The first kappa shape index (κ1) is 23.7. The van der Waals surface area contributed by atoms with E-state index in [1.54, 1.807) is 24.3 Å². The maximum atomic E-state index is 12.2. The van der Waals surface area contributed by atoms with Gasteiger partial charge in [0.1, 0.15) is 17.6 Å². The van der Waals surface area contributed by atoms with Crippen LogP contribution in [-0.4, -0.2) is 33.4 Å². The number of carbonyl (C=O) groups excluding carboxylic acids is 2. The summed E-state index contributed by atoms with van der Waals surface area (Å²) in [7, 11) is -3.84. The van der Waals surface area contributed by atoms with E-state index in [0.29, 0.717) is 16.1 Å². The van der Waals surface area contributed by atoms with Crippen molar-refractivity contribution in [2.45, 2.75) is 32.1 Å². The van der Waals surface area contributed by atoms with Gasteiger partial charge in [-0.15, -0.1) is 11.3 Å². The highest BCUT2D eigenvalue weighted by Crippen LogP contribution is 2.36. The third-order valence-electron chi connectivity index (χ3n) is 4.81. The Hall–Kier alpha value is -3.00. The van der Waals surface area contributed by atoms with Crippen LogP contribution in [0.1, 0.15) is 40.8 Å². The molecule has 0 atom stereocenters. The fourth-order valence-electron chi connectivity index (χ4n) is 3.25. The number of nitrogens with zero attached hydrogens (tertiary/aromatic N) is 1. The number of carbonyl (C=O) groups is 2. The summed E-state index contributed by atoms with van der Waals surface area (Å²) in [6.45, 7) is -1.18. The lowest BCUT2D eigenvalue weighted by molar-refractivity contribution is -0.146. The molecule has 32 heavy (non-hydrogen) atoms. The smallest absolute Gasteiger partial charge is 0.321 e. The topological polar surface area (TPSA) is 125 Å². The van der Waals surface area contributed by atoms with Crippen molar-refractivity contribution >= 4 is 44.3 Å². The van der Waals surface area contributed by atoms with Gasteiger partial charge < -0.3 is 10.1 Å². The van der Waals surface area contributed by atoms with Crippen molar-refractivity contribution < 1.29 is 22.7 Å². The van der Waals surface area contributed by atoms with Crippen molar-refractivity contribution in [2.75, 3.05) is 18.5 Å². The van der Waals surface area contributed by atoms with Crippen LogP contribution < -0.4 is 10.0 Å². The number of thiophene rings is 1. The van der Waals surface area contributed by atoms with Crippen molar-refractivity contribution in [3.63, 3.8) is 0 Å². The number of fused-ring (bicyclic) bond motifs is 1. The molecule has 1 amide bonds. The molecule has 0 bridgehead atoms. The van der Waals surface area contributed by atoms with Gasteiger partial charge >= 0.3 is 5.97 Å². The van der Waals surface area contributed by atoms with Crippen LogP contribution >= 0.6 is 11.3 Å². The first-order valence-electron chi connectivity index (χ1n) is 10.1. The highest BCUT2D eigenvalue weighted by Gasteiger charge is 2.21. The van der Waals surface area contributed by atoms with Crippen LogP contribution in [-0.2, 0) is 37.2 Å². The number of rotatable bonds is 8. The highest BCUT2D eigenvalue weighted by atomic mass is 32.2. The molecule has 0 spiro atoms. The van der Waals surface area contributed by atoms with Crippen LogP contribution in [0.5, 0.6) is 0 Å². The molecule has 0 saturated heterocycles. The number of hydrogen-bond acceptors (Lipinski definition) is 7. The van der Waals surface area contributed by atoms with Gasteiger partial charge in [0.25, 0.3) is 5.91 Å². The minimum Gasteiger partial charge on any atom is -0.455 e. The van der Waals surface area contributed by atoms with Gasteiger partial charge in [-0.1, -0.05) is 36.8 Å². The number of amides is 1. The summed E-state index contributed by atoms with van der Waals surface area (Å²) in [6.07, 6.45) is 6.29. The number of aryl methyl sites for hydroxylation is 1. The summed E-state index contributed by atoms with van der Waals surface area (Å²) >= 11 is 1.39. The number of anilines is 1. The molecule has 0 aliphatic heterocycles. The second-order valence-corrected chi connectivity index (χ2v) is 9.92. The van der Waals surface area contributed by atoms with Crippen molar-refractivity contribution in [1.82, 2.24) is 4.72 Å². The van der Waals surface area contributed by atoms with E-state index >= 15 is 0 Å². The van der Waals surface area contributed by atoms with Gasteiger partial charge in [-0.3, -0.25) is 9.59 Å². The zero-order valence-corrected chi connectivity index (χ0v) is 18.9. The molecule has 0 fully saturated rings. The van der Waals surface area contributed by atoms with E-state index in [2.05, 4.69) is 16.1 Å². The summed E-state index contributed by atoms with van der Waals surface area (Å²) in [5, 5.41) is 13.5. The van der Waals surface area contributed by atoms with Gasteiger partial charge in [-0.2, -0.15) is 5.26 Å². The third-order valence-corrected chi connectivity index (χ3v) is 7.06. The molecule has 0 radical (unpaired) electrons. The number of sulfonamides is 1. The molecule has 1 heterocycles. The van der Waals surface area contributed by atoms with Crippen molar-refractivity contribution in [3.8, 4) is 6.07 Å². The Morgan fingerprint density at radius 3 is 2.66 bits per heavy atom. The summed E-state index contributed by atoms with van der Waals surface area (Å²) in [6, 6.07) is 11.0. The average Bonchev–Trinajstić information content (AvgIpc) is 2.94. The minimum absolute atomic E-state index is 0.465. The van der Waals surface area contributed by atoms with E-state index < -0.39 is 35.1 Å². The van der Waals surface area contributed by atoms with Crippen molar-refractivity contribution in [1.29, 1.82) is 5.26 Å². The van der Waals surface area contributed by atoms with Gasteiger partial charge in [-0.25, -0.2) is 13.1 Å². The van der Waals surface area contributed by atoms with Crippen LogP contribution in [0.4, 0.5) is 5.00 Å². The van der Waals surface area contributed by atoms with E-state index in [1.807, 2.05) is 6.07 Å². The predicted molar refractivity (Wildman–Crippen MR) is 122 cm³/mol. The van der Waals surface area contributed by atoms with Crippen LogP contribution in [0.15, 0.2) is 35.7 Å². The molecule has 1 aromatic carbocycles. The molecule has 10 heteroatoms. The van der Waals surface area contributed by atoms with E-state index in [-0.39, 0.29) is 0 Å². The lowest BCUT2D eigenvalue weighted by atomic mass is 10.1. The molecule has 2 aromatic rings. The number of hydrogen-bond donors (Lipinski definition) is 2.